The molecule has 18 heavy (non-hydrogen) atoms. The predicted octanol–water partition coefficient (Wildman–Crippen LogP) is 1.44. The van der Waals surface area contributed by atoms with Gasteiger partial charge in [0, 0.05) is 17.4 Å². The third kappa shape index (κ3) is 2.88. The summed E-state index contributed by atoms with van der Waals surface area (Å²) in [6.45, 7) is 0. The Balaban J connectivity index is 2.22. The van der Waals surface area contributed by atoms with Gasteiger partial charge < -0.3 is 5.32 Å². The Morgan fingerprint density at radius 3 is 2.78 bits per heavy atom. The number of benzene rings is 1. The van der Waals surface area contributed by atoms with E-state index in [0.717, 1.165) is 12.2 Å². The summed E-state index contributed by atoms with van der Waals surface area (Å²) >= 11 is 1.75. The van der Waals surface area contributed by atoms with E-state index in [4.69, 9.17) is 0 Å². The molecule has 2 aromatic rings. The number of aryl methyl sites for hydroxylation is 1. The molecule has 6 heteroatoms. The van der Waals surface area contributed by atoms with Gasteiger partial charge in [0.1, 0.15) is 0 Å². The minimum absolute atomic E-state index is 0.206. The first-order valence-electron chi connectivity index (χ1n) is 5.77. The van der Waals surface area contributed by atoms with Crippen LogP contribution in [0.15, 0.2) is 29.2 Å². The largest absolute Gasteiger partial charge is 0.313 e. The Morgan fingerprint density at radius 1 is 1.39 bits per heavy atom. The van der Waals surface area contributed by atoms with E-state index < -0.39 is 0 Å². The molecule has 1 heterocycles. The van der Waals surface area contributed by atoms with E-state index in [1.54, 1.807) is 18.8 Å². The SMILES string of the molecule is CNC(Cc1nnn(C)n1)c1ccccc1SC. The molecule has 0 aliphatic heterocycles. The van der Waals surface area contributed by atoms with E-state index in [1.165, 1.54) is 15.3 Å². The third-order valence-electron chi connectivity index (χ3n) is 2.80. The summed E-state index contributed by atoms with van der Waals surface area (Å²) in [6.07, 6.45) is 2.83. The van der Waals surface area contributed by atoms with Crippen molar-refractivity contribution in [1.29, 1.82) is 0 Å². The van der Waals surface area contributed by atoms with Crippen molar-refractivity contribution in [3.63, 3.8) is 0 Å². The number of nitrogens with zero attached hydrogens (tertiary/aromatic N) is 4. The second-order valence-electron chi connectivity index (χ2n) is 3.98. The predicted molar refractivity (Wildman–Crippen MR) is 72.5 cm³/mol. The summed E-state index contributed by atoms with van der Waals surface area (Å²) in [4.78, 5) is 2.77. The van der Waals surface area contributed by atoms with Crippen LogP contribution in [0.5, 0.6) is 0 Å². The van der Waals surface area contributed by atoms with Crippen LogP contribution in [0.2, 0.25) is 0 Å². The molecule has 0 bridgehead atoms. The third-order valence-corrected chi connectivity index (χ3v) is 3.61. The molecule has 1 aromatic carbocycles. The normalized spacial score (nSPS) is 12.6. The molecule has 0 aliphatic carbocycles. The first kappa shape index (κ1) is 13.0. The van der Waals surface area contributed by atoms with Crippen molar-refractivity contribution < 1.29 is 0 Å². The highest BCUT2D eigenvalue weighted by Crippen LogP contribution is 2.27. The summed E-state index contributed by atoms with van der Waals surface area (Å²) in [7, 11) is 3.73. The zero-order chi connectivity index (χ0) is 13.0. The van der Waals surface area contributed by atoms with Gasteiger partial charge in [0.05, 0.1) is 7.05 Å². The van der Waals surface area contributed by atoms with Crippen molar-refractivity contribution in [3.8, 4) is 0 Å². The van der Waals surface area contributed by atoms with Gasteiger partial charge in [0.15, 0.2) is 5.82 Å². The van der Waals surface area contributed by atoms with Crippen LogP contribution < -0.4 is 5.32 Å². The highest BCUT2D eigenvalue weighted by Gasteiger charge is 2.16. The Hall–Kier alpha value is -1.40. The molecule has 1 aromatic heterocycles. The molecule has 2 rings (SSSR count). The molecular weight excluding hydrogens is 246 g/mol. The Bertz CT molecular complexity index is 511. The van der Waals surface area contributed by atoms with Gasteiger partial charge in [-0.25, -0.2) is 0 Å². The van der Waals surface area contributed by atoms with Crippen LogP contribution in [0.25, 0.3) is 0 Å². The molecule has 0 amide bonds. The number of tetrazole rings is 1. The summed E-state index contributed by atoms with van der Waals surface area (Å²) < 4.78 is 0. The lowest BCUT2D eigenvalue weighted by Crippen LogP contribution is -2.20. The van der Waals surface area contributed by atoms with Gasteiger partial charge in [0.25, 0.3) is 0 Å². The lowest BCUT2D eigenvalue weighted by molar-refractivity contribution is 0.562. The maximum absolute atomic E-state index is 4.23. The molecule has 5 nitrogen and oxygen atoms in total. The van der Waals surface area contributed by atoms with E-state index in [1.807, 2.05) is 7.05 Å². The maximum Gasteiger partial charge on any atom is 0.176 e. The fourth-order valence-corrected chi connectivity index (χ4v) is 2.57. The zero-order valence-corrected chi connectivity index (χ0v) is 11.6. The van der Waals surface area contributed by atoms with Crippen LogP contribution >= 0.6 is 11.8 Å². The van der Waals surface area contributed by atoms with Gasteiger partial charge in [-0.1, -0.05) is 18.2 Å². The van der Waals surface area contributed by atoms with E-state index in [-0.39, 0.29) is 6.04 Å². The van der Waals surface area contributed by atoms with E-state index in [9.17, 15) is 0 Å². The van der Waals surface area contributed by atoms with Gasteiger partial charge in [-0.05, 0) is 30.1 Å². The van der Waals surface area contributed by atoms with Crippen LogP contribution in [0.1, 0.15) is 17.4 Å². The zero-order valence-electron chi connectivity index (χ0n) is 10.8. The van der Waals surface area contributed by atoms with Crippen LogP contribution in [0, 0.1) is 0 Å². The monoisotopic (exact) mass is 263 g/mol. The fraction of sp³-hybridized carbons (Fsp3) is 0.417. The average molecular weight is 263 g/mol. The summed E-state index contributed by atoms with van der Waals surface area (Å²) in [6, 6.07) is 8.60. The molecule has 0 aliphatic rings. The molecule has 0 fully saturated rings. The van der Waals surface area contributed by atoms with Crippen LogP contribution in [0.3, 0.4) is 0 Å². The van der Waals surface area contributed by atoms with Crippen LogP contribution in [-0.2, 0) is 13.5 Å². The summed E-state index contributed by atoms with van der Waals surface area (Å²) in [5.41, 5.74) is 1.28. The first-order chi connectivity index (χ1) is 8.74. The fourth-order valence-electron chi connectivity index (χ4n) is 1.91. The molecule has 1 N–H and O–H groups in total. The average Bonchev–Trinajstić information content (AvgIpc) is 2.81. The second-order valence-corrected chi connectivity index (χ2v) is 4.83. The molecule has 96 valence electrons. The Morgan fingerprint density at radius 2 is 2.17 bits per heavy atom. The molecule has 1 unspecified atom stereocenters. The number of hydrogen-bond donors (Lipinski definition) is 1. The maximum atomic E-state index is 4.23. The highest BCUT2D eigenvalue weighted by molar-refractivity contribution is 7.98. The number of likely N-dealkylation sites (N-methyl/N-ethyl adjacent to an activating group) is 1. The molecule has 0 spiro atoms. The number of aromatic nitrogens is 4. The minimum atomic E-state index is 0.206. The number of thioether (sulfide) groups is 1. The van der Waals surface area contributed by atoms with Crippen molar-refractivity contribution in [2.75, 3.05) is 13.3 Å². The molecular formula is C12H17N5S. The molecule has 1 atom stereocenters. The topological polar surface area (TPSA) is 55.6 Å². The van der Waals surface area contributed by atoms with Gasteiger partial charge in [-0.15, -0.1) is 22.0 Å². The van der Waals surface area contributed by atoms with Gasteiger partial charge in [-0.3, -0.25) is 0 Å². The molecule has 0 saturated heterocycles. The van der Waals surface area contributed by atoms with E-state index in [0.29, 0.717) is 0 Å². The number of nitrogens with one attached hydrogen (secondary N) is 1. The lowest BCUT2D eigenvalue weighted by Gasteiger charge is -2.17. The van der Waals surface area contributed by atoms with Crippen molar-refractivity contribution in [2.45, 2.75) is 17.4 Å². The van der Waals surface area contributed by atoms with E-state index in [2.05, 4.69) is 51.2 Å². The van der Waals surface area contributed by atoms with Crippen LogP contribution in [0.4, 0.5) is 0 Å². The van der Waals surface area contributed by atoms with Crippen molar-refractivity contribution in [2.24, 2.45) is 7.05 Å². The molecule has 0 radical (unpaired) electrons. The minimum Gasteiger partial charge on any atom is -0.313 e. The standard InChI is InChI=1S/C12H17N5S/c1-13-10(8-12-14-16-17(2)15-12)9-6-4-5-7-11(9)18-3/h4-7,10,13H,8H2,1-3H3. The van der Waals surface area contributed by atoms with E-state index >= 15 is 0 Å². The summed E-state index contributed by atoms with van der Waals surface area (Å²) in [5.74, 6) is 0.757. The van der Waals surface area contributed by atoms with Gasteiger partial charge >= 0.3 is 0 Å². The first-order valence-corrected chi connectivity index (χ1v) is 7.00. The van der Waals surface area contributed by atoms with Crippen molar-refractivity contribution >= 4 is 11.8 Å². The smallest absolute Gasteiger partial charge is 0.176 e. The summed E-state index contributed by atoms with van der Waals surface area (Å²) in [5, 5.41) is 15.4. The lowest BCUT2D eigenvalue weighted by atomic mass is 10.0. The Kier molecular flexibility index (Phi) is 4.33. The van der Waals surface area contributed by atoms with Gasteiger partial charge in [-0.2, -0.15) is 4.80 Å². The quantitative estimate of drug-likeness (QED) is 0.827. The van der Waals surface area contributed by atoms with Crippen molar-refractivity contribution in [3.05, 3.63) is 35.7 Å². The molecule has 0 saturated carbocycles. The number of rotatable bonds is 5. The van der Waals surface area contributed by atoms with Crippen LogP contribution in [-0.4, -0.2) is 33.5 Å². The Labute approximate surface area is 111 Å². The highest BCUT2D eigenvalue weighted by atomic mass is 32.2. The second kappa shape index (κ2) is 5.97. The number of hydrogen-bond acceptors (Lipinski definition) is 5. The van der Waals surface area contributed by atoms with Crippen molar-refractivity contribution in [1.82, 2.24) is 25.5 Å². The van der Waals surface area contributed by atoms with Gasteiger partial charge in [0.2, 0.25) is 0 Å².